The van der Waals surface area contributed by atoms with Crippen molar-refractivity contribution >= 4 is 23.9 Å². The molecule has 3 aromatic carbocycles. The molecule has 3 aliphatic rings. The van der Waals surface area contributed by atoms with E-state index in [9.17, 15) is 9.59 Å². The summed E-state index contributed by atoms with van der Waals surface area (Å²) in [5.74, 6) is -0.600. The van der Waals surface area contributed by atoms with E-state index < -0.39 is 5.97 Å². The molecule has 0 amide bonds. The molecule has 1 aliphatic heterocycles. The van der Waals surface area contributed by atoms with Crippen LogP contribution in [0.1, 0.15) is 44.2 Å². The molecule has 4 nitrogen and oxygen atoms in total. The van der Waals surface area contributed by atoms with Gasteiger partial charge in [0.1, 0.15) is 0 Å². The fourth-order valence-electron chi connectivity index (χ4n) is 5.69. The standard InChI is InChI=1S/C33H27NO3/c1-37-33(36)23-12-10-22(11-13-23)32(35)24-19-29-27-15-14-21-7-4-5-8-25(21)26(27)16-17-28(29)30(20-24)31-9-3-2-6-18-34-31/h2-13,15-19,24,30,34H,14,20H2,1H3. The maximum Gasteiger partial charge on any atom is 0.337 e. The van der Waals surface area contributed by atoms with Gasteiger partial charge in [-0.1, -0.05) is 72.8 Å². The molecule has 0 spiro atoms. The van der Waals surface area contributed by atoms with E-state index in [0.717, 1.165) is 17.3 Å². The zero-order valence-corrected chi connectivity index (χ0v) is 20.6. The van der Waals surface area contributed by atoms with E-state index in [0.29, 0.717) is 17.5 Å². The normalized spacial score (nSPS) is 19.0. The fourth-order valence-corrected chi connectivity index (χ4v) is 5.69. The number of carbonyl (C=O) groups excluding carboxylic acids is 2. The molecule has 37 heavy (non-hydrogen) atoms. The number of rotatable bonds is 4. The molecular weight excluding hydrogens is 458 g/mol. The molecule has 2 atom stereocenters. The summed E-state index contributed by atoms with van der Waals surface area (Å²) < 4.78 is 4.80. The van der Waals surface area contributed by atoms with Crippen LogP contribution in [-0.2, 0) is 11.2 Å². The average Bonchev–Trinajstić information content (AvgIpc) is 3.25. The number of allylic oxidation sites excluding steroid dienone is 5. The number of hydrogen-bond acceptors (Lipinski definition) is 4. The lowest BCUT2D eigenvalue weighted by molar-refractivity contribution is 0.0600. The maximum absolute atomic E-state index is 13.8. The number of ether oxygens (including phenoxy) is 1. The number of hydrogen-bond donors (Lipinski definition) is 1. The molecule has 2 unspecified atom stereocenters. The third-order valence-corrected chi connectivity index (χ3v) is 7.53. The number of fused-ring (bicyclic) bond motifs is 5. The first kappa shape index (κ1) is 23.0. The van der Waals surface area contributed by atoms with E-state index in [1.807, 2.05) is 24.4 Å². The Balaban J connectivity index is 1.48. The Morgan fingerprint density at radius 3 is 2.51 bits per heavy atom. The lowest BCUT2D eigenvalue weighted by atomic mass is 9.75. The minimum atomic E-state index is -0.410. The van der Waals surface area contributed by atoms with Gasteiger partial charge in [0.2, 0.25) is 0 Å². The number of methoxy groups -OCH3 is 1. The number of nitrogens with one attached hydrogen (secondary N) is 1. The second kappa shape index (κ2) is 9.55. The summed E-state index contributed by atoms with van der Waals surface area (Å²) in [7, 11) is 1.35. The highest BCUT2D eigenvalue weighted by molar-refractivity contribution is 6.02. The van der Waals surface area contributed by atoms with E-state index in [1.165, 1.54) is 34.6 Å². The number of Topliss-reactive ketones (excluding diaryl/α,β-unsaturated/α-hetero) is 1. The van der Waals surface area contributed by atoms with Crippen molar-refractivity contribution in [1.29, 1.82) is 0 Å². The number of esters is 1. The SMILES string of the molecule is COC(=O)c1ccc(C(=O)C2C=c3c(ccc4c3=CCc3ccccc3-4)C(C3=CC=CC=CN3)C2)cc1. The monoisotopic (exact) mass is 485 g/mol. The van der Waals surface area contributed by atoms with Crippen LogP contribution in [0.5, 0.6) is 0 Å². The lowest BCUT2D eigenvalue weighted by Crippen LogP contribution is -2.39. The molecule has 0 aromatic heterocycles. The van der Waals surface area contributed by atoms with Crippen LogP contribution in [0.15, 0.2) is 96.9 Å². The molecule has 4 heteroatoms. The van der Waals surface area contributed by atoms with Crippen LogP contribution in [0.25, 0.3) is 23.3 Å². The van der Waals surface area contributed by atoms with Gasteiger partial charge >= 0.3 is 5.97 Å². The predicted molar refractivity (Wildman–Crippen MR) is 146 cm³/mol. The Hall–Kier alpha value is -4.44. The minimum Gasteiger partial charge on any atom is -0.465 e. The summed E-state index contributed by atoms with van der Waals surface area (Å²) in [5.41, 5.74) is 7.15. The molecule has 6 rings (SSSR count). The van der Waals surface area contributed by atoms with Crippen molar-refractivity contribution in [3.8, 4) is 11.1 Å². The Bertz CT molecular complexity index is 1620. The van der Waals surface area contributed by atoms with Crippen molar-refractivity contribution in [2.75, 3.05) is 7.11 Å². The number of carbonyl (C=O) groups is 2. The van der Waals surface area contributed by atoms with Gasteiger partial charge in [-0.25, -0.2) is 4.79 Å². The second-order valence-electron chi connectivity index (χ2n) is 9.60. The van der Waals surface area contributed by atoms with Crippen molar-refractivity contribution in [2.24, 2.45) is 5.92 Å². The first-order valence-corrected chi connectivity index (χ1v) is 12.6. The highest BCUT2D eigenvalue weighted by Crippen LogP contribution is 2.35. The predicted octanol–water partition coefficient (Wildman–Crippen LogP) is 4.80. The Labute approximate surface area is 216 Å². The Morgan fingerprint density at radius 1 is 0.865 bits per heavy atom. The van der Waals surface area contributed by atoms with Gasteiger partial charge in [-0.15, -0.1) is 0 Å². The van der Waals surface area contributed by atoms with E-state index in [-0.39, 0.29) is 17.6 Å². The molecule has 3 aromatic rings. The molecular formula is C33H27NO3. The van der Waals surface area contributed by atoms with E-state index in [1.54, 1.807) is 24.3 Å². The quantitative estimate of drug-likeness (QED) is 0.426. The van der Waals surface area contributed by atoms with Gasteiger partial charge in [0.15, 0.2) is 5.78 Å². The molecule has 1 heterocycles. The molecule has 0 radical (unpaired) electrons. The summed E-state index contributed by atoms with van der Waals surface area (Å²) in [5, 5.41) is 5.80. The Morgan fingerprint density at radius 2 is 1.68 bits per heavy atom. The summed E-state index contributed by atoms with van der Waals surface area (Å²) in [6.45, 7) is 0. The van der Waals surface area contributed by atoms with Crippen LogP contribution in [0, 0.1) is 5.92 Å². The van der Waals surface area contributed by atoms with Gasteiger partial charge in [-0.3, -0.25) is 4.79 Å². The number of benzene rings is 3. The van der Waals surface area contributed by atoms with Gasteiger partial charge in [0.25, 0.3) is 0 Å². The smallest absolute Gasteiger partial charge is 0.337 e. The van der Waals surface area contributed by atoms with Crippen molar-refractivity contribution < 1.29 is 14.3 Å². The van der Waals surface area contributed by atoms with Crippen LogP contribution < -0.4 is 15.8 Å². The van der Waals surface area contributed by atoms with E-state index in [2.05, 4.69) is 59.9 Å². The van der Waals surface area contributed by atoms with Crippen LogP contribution in [0.4, 0.5) is 0 Å². The van der Waals surface area contributed by atoms with Gasteiger partial charge < -0.3 is 10.1 Å². The van der Waals surface area contributed by atoms with Crippen LogP contribution in [0.2, 0.25) is 0 Å². The average molecular weight is 486 g/mol. The summed E-state index contributed by atoms with van der Waals surface area (Å²) in [6, 6.07) is 19.8. The molecule has 182 valence electrons. The first-order valence-electron chi connectivity index (χ1n) is 12.6. The Kier molecular flexibility index (Phi) is 5.93. The third-order valence-electron chi connectivity index (χ3n) is 7.53. The summed E-state index contributed by atoms with van der Waals surface area (Å²) in [6.07, 6.45) is 16.1. The summed E-state index contributed by atoms with van der Waals surface area (Å²) in [4.78, 5) is 25.7. The second-order valence-corrected chi connectivity index (χ2v) is 9.60. The van der Waals surface area contributed by atoms with Crippen molar-refractivity contribution in [1.82, 2.24) is 5.32 Å². The van der Waals surface area contributed by atoms with Crippen molar-refractivity contribution in [3.05, 3.63) is 130 Å². The van der Waals surface area contributed by atoms with E-state index in [4.69, 9.17) is 4.74 Å². The zero-order valence-electron chi connectivity index (χ0n) is 20.6. The van der Waals surface area contributed by atoms with E-state index >= 15 is 0 Å². The maximum atomic E-state index is 13.8. The minimum absolute atomic E-state index is 0.0477. The molecule has 0 saturated carbocycles. The lowest BCUT2D eigenvalue weighted by Gasteiger charge is -2.30. The largest absolute Gasteiger partial charge is 0.465 e. The molecule has 2 aliphatic carbocycles. The van der Waals surface area contributed by atoms with Gasteiger partial charge in [0.05, 0.1) is 12.7 Å². The van der Waals surface area contributed by atoms with Gasteiger partial charge in [-0.05, 0) is 69.8 Å². The van der Waals surface area contributed by atoms with Crippen LogP contribution in [0.3, 0.4) is 0 Å². The van der Waals surface area contributed by atoms with Crippen LogP contribution >= 0.6 is 0 Å². The molecule has 1 N–H and O–H groups in total. The highest BCUT2D eigenvalue weighted by Gasteiger charge is 2.31. The van der Waals surface area contributed by atoms with Crippen molar-refractivity contribution in [3.63, 3.8) is 0 Å². The molecule has 0 fully saturated rings. The first-order chi connectivity index (χ1) is 18.1. The highest BCUT2D eigenvalue weighted by atomic mass is 16.5. The zero-order chi connectivity index (χ0) is 25.4. The third kappa shape index (κ3) is 4.15. The van der Waals surface area contributed by atoms with Gasteiger partial charge in [0, 0.05) is 29.3 Å². The molecule has 0 bridgehead atoms. The molecule has 0 saturated heterocycles. The van der Waals surface area contributed by atoms with Crippen LogP contribution in [-0.4, -0.2) is 18.9 Å². The number of ketones is 1. The van der Waals surface area contributed by atoms with Crippen molar-refractivity contribution in [2.45, 2.75) is 18.8 Å². The van der Waals surface area contributed by atoms with Gasteiger partial charge in [-0.2, -0.15) is 0 Å². The fraction of sp³-hybridized carbons (Fsp3) is 0.152. The summed E-state index contributed by atoms with van der Waals surface area (Å²) >= 11 is 0. The topological polar surface area (TPSA) is 55.4 Å².